The number of thiophene rings is 1. The molecule has 0 aliphatic heterocycles. The fourth-order valence-corrected chi connectivity index (χ4v) is 5.47. The molecule has 10 heteroatoms. The van der Waals surface area contributed by atoms with E-state index in [2.05, 4.69) is 21.6 Å². The number of anilines is 1. The summed E-state index contributed by atoms with van der Waals surface area (Å²) in [5.41, 5.74) is 1.74. The van der Waals surface area contributed by atoms with Crippen molar-refractivity contribution in [2.75, 3.05) is 18.2 Å². The predicted octanol–water partition coefficient (Wildman–Crippen LogP) is 3.95. The van der Waals surface area contributed by atoms with Crippen LogP contribution < -0.4 is 14.8 Å². The molecule has 1 N–H and O–H groups in total. The molecule has 32 heavy (non-hydrogen) atoms. The Hall–Kier alpha value is -3.03. The van der Waals surface area contributed by atoms with Crippen molar-refractivity contribution in [3.63, 3.8) is 0 Å². The van der Waals surface area contributed by atoms with Crippen molar-refractivity contribution in [3.8, 4) is 17.6 Å². The summed E-state index contributed by atoms with van der Waals surface area (Å²) in [5, 5.41) is 22.1. The van der Waals surface area contributed by atoms with Crippen LogP contribution in [0.1, 0.15) is 34.7 Å². The molecule has 0 bridgehead atoms. The van der Waals surface area contributed by atoms with Crippen LogP contribution in [0.4, 0.5) is 5.00 Å². The van der Waals surface area contributed by atoms with Gasteiger partial charge in [-0.15, -0.1) is 21.5 Å². The molecule has 0 unspecified atom stereocenters. The van der Waals surface area contributed by atoms with Crippen molar-refractivity contribution in [3.05, 3.63) is 46.1 Å². The first kappa shape index (κ1) is 22.2. The van der Waals surface area contributed by atoms with E-state index in [1.165, 1.54) is 28.0 Å². The minimum absolute atomic E-state index is 0.163. The van der Waals surface area contributed by atoms with E-state index in [-0.39, 0.29) is 18.3 Å². The highest BCUT2D eigenvalue weighted by Crippen LogP contribution is 2.37. The average Bonchev–Trinajstić information content (AvgIpc) is 3.35. The summed E-state index contributed by atoms with van der Waals surface area (Å²) in [6.45, 7) is 0.259. The third-order valence-corrected chi connectivity index (χ3v) is 7.45. The van der Waals surface area contributed by atoms with Crippen molar-refractivity contribution >= 4 is 34.0 Å². The van der Waals surface area contributed by atoms with Crippen molar-refractivity contribution < 1.29 is 14.3 Å². The van der Waals surface area contributed by atoms with Gasteiger partial charge < -0.3 is 19.4 Å². The lowest BCUT2D eigenvalue weighted by atomic mass is 9.96. The zero-order chi connectivity index (χ0) is 22.5. The molecule has 0 spiro atoms. The molecule has 0 atom stereocenters. The van der Waals surface area contributed by atoms with Gasteiger partial charge in [0.25, 0.3) is 0 Å². The molecule has 3 aromatic rings. The van der Waals surface area contributed by atoms with E-state index in [4.69, 9.17) is 9.47 Å². The number of methoxy groups -OCH3 is 1. The summed E-state index contributed by atoms with van der Waals surface area (Å²) in [5.74, 6) is 2.14. The number of benzene rings is 1. The van der Waals surface area contributed by atoms with Crippen molar-refractivity contribution in [1.29, 1.82) is 5.26 Å². The SMILES string of the molecule is COc1ccc(OCc2nnc(SCC(=O)Nc3sc4c(c3C#N)CCCC4)n2C)cc1. The fourth-order valence-electron chi connectivity index (χ4n) is 3.48. The van der Waals surface area contributed by atoms with Crippen LogP contribution in [-0.2, 0) is 31.3 Å². The Morgan fingerprint density at radius 2 is 2.00 bits per heavy atom. The molecule has 0 saturated heterocycles. The number of fused-ring (bicyclic) bond motifs is 1. The zero-order valence-corrected chi connectivity index (χ0v) is 19.5. The Morgan fingerprint density at radius 1 is 1.25 bits per heavy atom. The number of rotatable bonds is 8. The van der Waals surface area contributed by atoms with Crippen LogP contribution in [0.5, 0.6) is 11.5 Å². The predicted molar refractivity (Wildman–Crippen MR) is 123 cm³/mol. The Balaban J connectivity index is 1.32. The van der Waals surface area contributed by atoms with Gasteiger partial charge in [0, 0.05) is 11.9 Å². The van der Waals surface area contributed by atoms with Crippen molar-refractivity contribution in [2.24, 2.45) is 7.05 Å². The molecule has 0 fully saturated rings. The second kappa shape index (κ2) is 10.1. The Bertz CT molecular complexity index is 1150. The standard InChI is InChI=1S/C22H23N5O3S2/c1-27-19(12-30-15-9-7-14(29-2)8-10-15)25-26-22(27)31-13-20(28)24-21-17(11-23)16-5-3-4-6-18(16)32-21/h7-10H,3-6,12-13H2,1-2H3,(H,24,28). The van der Waals surface area contributed by atoms with Crippen LogP contribution in [-0.4, -0.2) is 33.5 Å². The lowest BCUT2D eigenvalue weighted by molar-refractivity contribution is -0.113. The molecule has 2 heterocycles. The number of carbonyl (C=O) groups is 1. The first-order valence-electron chi connectivity index (χ1n) is 10.2. The van der Waals surface area contributed by atoms with Crippen LogP contribution in [0.15, 0.2) is 29.4 Å². The van der Waals surface area contributed by atoms with Crippen LogP contribution in [0, 0.1) is 11.3 Å². The Labute approximate surface area is 194 Å². The molecule has 1 aromatic carbocycles. The molecular formula is C22H23N5O3S2. The maximum absolute atomic E-state index is 12.5. The number of carbonyl (C=O) groups excluding carboxylic acids is 1. The van der Waals surface area contributed by atoms with E-state index in [0.717, 1.165) is 37.0 Å². The number of hydrogen-bond donors (Lipinski definition) is 1. The monoisotopic (exact) mass is 469 g/mol. The molecular weight excluding hydrogens is 446 g/mol. The van der Waals surface area contributed by atoms with Crippen LogP contribution in [0.3, 0.4) is 0 Å². The average molecular weight is 470 g/mol. The van der Waals surface area contributed by atoms with Gasteiger partial charge in [0.1, 0.15) is 29.2 Å². The van der Waals surface area contributed by atoms with E-state index in [1.54, 1.807) is 7.11 Å². The number of hydrogen-bond acceptors (Lipinski definition) is 8. The van der Waals surface area contributed by atoms with Crippen LogP contribution >= 0.6 is 23.1 Å². The van der Waals surface area contributed by atoms with Gasteiger partial charge in [0.05, 0.1) is 18.4 Å². The van der Waals surface area contributed by atoms with Gasteiger partial charge >= 0.3 is 0 Å². The maximum atomic E-state index is 12.5. The summed E-state index contributed by atoms with van der Waals surface area (Å²) in [4.78, 5) is 13.7. The maximum Gasteiger partial charge on any atom is 0.235 e. The van der Waals surface area contributed by atoms with Gasteiger partial charge in [0.15, 0.2) is 11.0 Å². The number of thioether (sulfide) groups is 1. The molecule has 166 valence electrons. The number of aryl methyl sites for hydroxylation is 1. The highest BCUT2D eigenvalue weighted by Gasteiger charge is 2.22. The first-order chi connectivity index (χ1) is 15.6. The quantitative estimate of drug-likeness (QED) is 0.499. The Kier molecular flexibility index (Phi) is 6.97. The number of nitrogens with zero attached hydrogens (tertiary/aromatic N) is 4. The van der Waals surface area contributed by atoms with E-state index in [1.807, 2.05) is 35.9 Å². The van der Waals surface area contributed by atoms with Crippen LogP contribution in [0.2, 0.25) is 0 Å². The smallest absolute Gasteiger partial charge is 0.235 e. The number of nitrogens with one attached hydrogen (secondary N) is 1. The van der Waals surface area contributed by atoms with Gasteiger partial charge in [-0.25, -0.2) is 0 Å². The summed E-state index contributed by atoms with van der Waals surface area (Å²) in [6, 6.07) is 9.58. The third-order valence-electron chi connectivity index (χ3n) is 5.22. The largest absolute Gasteiger partial charge is 0.497 e. The van der Waals surface area contributed by atoms with Gasteiger partial charge in [-0.3, -0.25) is 4.79 Å². The highest BCUT2D eigenvalue weighted by atomic mass is 32.2. The van der Waals surface area contributed by atoms with Crippen LogP contribution in [0.25, 0.3) is 0 Å². The lowest BCUT2D eigenvalue weighted by Crippen LogP contribution is -2.14. The number of amides is 1. The van der Waals surface area contributed by atoms with E-state index < -0.39 is 0 Å². The summed E-state index contributed by atoms with van der Waals surface area (Å²) in [7, 11) is 3.46. The molecule has 8 nitrogen and oxygen atoms in total. The molecule has 0 saturated carbocycles. The lowest BCUT2D eigenvalue weighted by Gasteiger charge is -2.09. The normalized spacial score (nSPS) is 12.7. The van der Waals surface area contributed by atoms with Gasteiger partial charge in [-0.2, -0.15) is 5.26 Å². The summed E-state index contributed by atoms with van der Waals surface area (Å²) < 4.78 is 12.7. The minimum Gasteiger partial charge on any atom is -0.497 e. The van der Waals surface area contributed by atoms with Gasteiger partial charge in [0.2, 0.25) is 5.91 Å². The molecule has 1 aliphatic carbocycles. The van der Waals surface area contributed by atoms with Gasteiger partial charge in [-0.05, 0) is 55.5 Å². The highest BCUT2D eigenvalue weighted by molar-refractivity contribution is 7.99. The minimum atomic E-state index is -0.163. The molecule has 1 aliphatic rings. The fraction of sp³-hybridized carbons (Fsp3) is 0.364. The molecule has 1 amide bonds. The Morgan fingerprint density at radius 3 is 2.75 bits per heavy atom. The number of nitriles is 1. The molecule has 4 rings (SSSR count). The second-order valence-corrected chi connectivity index (χ2v) is 9.33. The van der Waals surface area contributed by atoms with Gasteiger partial charge in [-0.1, -0.05) is 11.8 Å². The summed E-state index contributed by atoms with van der Waals surface area (Å²) in [6.07, 6.45) is 4.13. The summed E-state index contributed by atoms with van der Waals surface area (Å²) >= 11 is 2.83. The number of ether oxygens (including phenoxy) is 2. The zero-order valence-electron chi connectivity index (χ0n) is 17.9. The van der Waals surface area contributed by atoms with Crippen molar-refractivity contribution in [2.45, 2.75) is 37.4 Å². The first-order valence-corrected chi connectivity index (χ1v) is 12.0. The van der Waals surface area contributed by atoms with E-state index in [9.17, 15) is 10.1 Å². The van der Waals surface area contributed by atoms with E-state index in [0.29, 0.717) is 27.3 Å². The second-order valence-electron chi connectivity index (χ2n) is 7.29. The third kappa shape index (κ3) is 4.89. The van der Waals surface area contributed by atoms with Crippen molar-refractivity contribution in [1.82, 2.24) is 14.8 Å². The molecule has 0 radical (unpaired) electrons. The topological polar surface area (TPSA) is 102 Å². The molecule has 2 aromatic heterocycles. The number of aromatic nitrogens is 3. The van der Waals surface area contributed by atoms with E-state index >= 15 is 0 Å².